The van der Waals surface area contributed by atoms with Crippen LogP contribution in [-0.2, 0) is 14.8 Å². The molecule has 0 bridgehead atoms. The maximum atomic E-state index is 13.4. The second-order valence-electron chi connectivity index (χ2n) is 3.90. The van der Waals surface area contributed by atoms with Gasteiger partial charge in [-0.2, -0.15) is 0 Å². The molecule has 0 aliphatic heterocycles. The largest absolute Gasteiger partial charge is 0.462 e. The fraction of sp³-hybridized carbons (Fsp3) is 0.417. The summed E-state index contributed by atoms with van der Waals surface area (Å²) >= 11 is 0. The molecule has 21 heavy (non-hydrogen) atoms. The Hall–Kier alpha value is -1.22. The van der Waals surface area contributed by atoms with Gasteiger partial charge in [0, 0.05) is 13.1 Å². The van der Waals surface area contributed by atoms with E-state index in [0.717, 1.165) is 18.2 Å². The van der Waals surface area contributed by atoms with Gasteiger partial charge in [-0.25, -0.2) is 22.3 Å². The minimum absolute atomic E-state index is 0. The van der Waals surface area contributed by atoms with Gasteiger partial charge in [-0.1, -0.05) is 0 Å². The Labute approximate surface area is 129 Å². The Balaban J connectivity index is 0.00000400. The molecule has 0 aromatic heterocycles. The first-order valence-electron chi connectivity index (χ1n) is 6.02. The molecule has 1 aromatic rings. The molecule has 1 aromatic carbocycles. The molecule has 0 spiro atoms. The first-order chi connectivity index (χ1) is 9.40. The average molecular weight is 341 g/mol. The lowest BCUT2D eigenvalue weighted by Crippen LogP contribution is -2.30. The van der Waals surface area contributed by atoms with Crippen molar-refractivity contribution in [1.29, 1.82) is 0 Å². The number of sulfonamides is 1. The Morgan fingerprint density at radius 1 is 1.29 bits per heavy atom. The van der Waals surface area contributed by atoms with Gasteiger partial charge < -0.3 is 10.1 Å². The zero-order chi connectivity index (χ0) is 15.2. The predicted octanol–water partition coefficient (Wildman–Crippen LogP) is 0.922. The van der Waals surface area contributed by atoms with Crippen molar-refractivity contribution in [2.24, 2.45) is 0 Å². The monoisotopic (exact) mass is 340 g/mol. The lowest BCUT2D eigenvalue weighted by molar-refractivity contribution is 0.0525. The fourth-order valence-corrected chi connectivity index (χ4v) is 2.53. The van der Waals surface area contributed by atoms with E-state index in [1.165, 1.54) is 0 Å². The van der Waals surface area contributed by atoms with E-state index >= 15 is 0 Å². The predicted molar refractivity (Wildman–Crippen MR) is 78.7 cm³/mol. The van der Waals surface area contributed by atoms with Gasteiger partial charge in [0.1, 0.15) is 5.82 Å². The number of halogens is 2. The molecule has 9 heteroatoms. The summed E-state index contributed by atoms with van der Waals surface area (Å²) in [6.07, 6.45) is 0. The van der Waals surface area contributed by atoms with Gasteiger partial charge in [-0.3, -0.25) is 0 Å². The minimum Gasteiger partial charge on any atom is -0.462 e. The average Bonchev–Trinajstić information content (AvgIpc) is 2.38. The van der Waals surface area contributed by atoms with Crippen molar-refractivity contribution < 1.29 is 22.3 Å². The second kappa shape index (κ2) is 8.93. The van der Waals surface area contributed by atoms with Gasteiger partial charge in [-0.05, 0) is 32.2 Å². The van der Waals surface area contributed by atoms with Crippen molar-refractivity contribution >= 4 is 28.4 Å². The smallest absolute Gasteiger partial charge is 0.338 e. The molecule has 0 amide bonds. The highest BCUT2D eigenvalue weighted by atomic mass is 35.5. The summed E-state index contributed by atoms with van der Waals surface area (Å²) in [6.45, 7) is 2.31. The van der Waals surface area contributed by atoms with E-state index in [4.69, 9.17) is 4.74 Å². The van der Waals surface area contributed by atoms with E-state index < -0.39 is 21.8 Å². The maximum absolute atomic E-state index is 13.4. The molecule has 0 atom stereocenters. The van der Waals surface area contributed by atoms with E-state index in [0.29, 0.717) is 6.54 Å². The number of hydrogen-bond donors (Lipinski definition) is 2. The molecule has 0 fully saturated rings. The van der Waals surface area contributed by atoms with Crippen LogP contribution in [0.1, 0.15) is 17.3 Å². The highest BCUT2D eigenvalue weighted by Gasteiger charge is 2.18. The zero-order valence-corrected chi connectivity index (χ0v) is 13.3. The molecular formula is C12H18ClFN2O4S. The highest BCUT2D eigenvalue weighted by Crippen LogP contribution is 2.15. The third-order valence-corrected chi connectivity index (χ3v) is 3.80. The quantitative estimate of drug-likeness (QED) is 0.569. The number of carbonyl (C=O) groups is 1. The van der Waals surface area contributed by atoms with E-state index in [2.05, 4.69) is 10.0 Å². The molecule has 0 aliphatic rings. The van der Waals surface area contributed by atoms with Crippen LogP contribution in [0, 0.1) is 5.82 Å². The van der Waals surface area contributed by atoms with E-state index in [1.54, 1.807) is 14.0 Å². The van der Waals surface area contributed by atoms with Crippen LogP contribution in [0.15, 0.2) is 23.1 Å². The topological polar surface area (TPSA) is 84.5 Å². The van der Waals surface area contributed by atoms with Crippen LogP contribution in [-0.4, -0.2) is 41.1 Å². The van der Waals surface area contributed by atoms with Gasteiger partial charge in [-0.15, -0.1) is 12.4 Å². The third-order valence-electron chi connectivity index (χ3n) is 2.36. The summed E-state index contributed by atoms with van der Waals surface area (Å²) in [5.74, 6) is -1.58. The lowest BCUT2D eigenvalue weighted by Gasteiger charge is -2.08. The standard InChI is InChI=1S/C12H17FN2O4S.ClH/c1-3-19-12(16)9-6-10(13)8-11(7-9)20(17,18)15-5-4-14-2;/h6-8,14-15H,3-5H2,1-2H3;1H. The van der Waals surface area contributed by atoms with Crippen molar-refractivity contribution in [2.45, 2.75) is 11.8 Å². The Morgan fingerprint density at radius 3 is 2.52 bits per heavy atom. The van der Waals surface area contributed by atoms with Crippen molar-refractivity contribution in [3.05, 3.63) is 29.6 Å². The minimum atomic E-state index is -3.86. The fourth-order valence-electron chi connectivity index (χ4n) is 1.44. The van der Waals surface area contributed by atoms with E-state index in [1.807, 2.05) is 0 Å². The van der Waals surface area contributed by atoms with Crippen molar-refractivity contribution in [1.82, 2.24) is 10.0 Å². The number of benzene rings is 1. The highest BCUT2D eigenvalue weighted by molar-refractivity contribution is 7.89. The molecule has 0 radical (unpaired) electrons. The number of ether oxygens (including phenoxy) is 1. The Bertz CT molecular complexity index is 581. The molecule has 0 aliphatic carbocycles. The first kappa shape index (κ1) is 19.8. The van der Waals surface area contributed by atoms with Crippen LogP contribution in [0.5, 0.6) is 0 Å². The van der Waals surface area contributed by atoms with Crippen LogP contribution in [0.4, 0.5) is 4.39 Å². The van der Waals surface area contributed by atoms with Crippen LogP contribution in [0.25, 0.3) is 0 Å². The van der Waals surface area contributed by atoms with Gasteiger partial charge in [0.15, 0.2) is 0 Å². The third kappa shape index (κ3) is 5.96. The number of nitrogens with one attached hydrogen (secondary N) is 2. The maximum Gasteiger partial charge on any atom is 0.338 e. The van der Waals surface area contributed by atoms with Gasteiger partial charge in [0.2, 0.25) is 10.0 Å². The van der Waals surface area contributed by atoms with E-state index in [-0.39, 0.29) is 36.0 Å². The molecule has 0 unspecified atom stereocenters. The molecule has 0 saturated carbocycles. The molecule has 120 valence electrons. The van der Waals surface area contributed by atoms with Crippen molar-refractivity contribution in [3.63, 3.8) is 0 Å². The van der Waals surface area contributed by atoms with Crippen molar-refractivity contribution in [2.75, 3.05) is 26.7 Å². The molecule has 6 nitrogen and oxygen atoms in total. The lowest BCUT2D eigenvalue weighted by atomic mass is 10.2. The van der Waals surface area contributed by atoms with E-state index in [9.17, 15) is 17.6 Å². The van der Waals surface area contributed by atoms with Crippen LogP contribution in [0.2, 0.25) is 0 Å². The molecular weight excluding hydrogens is 323 g/mol. The molecule has 2 N–H and O–H groups in total. The normalized spacial score (nSPS) is 10.8. The van der Waals surface area contributed by atoms with Gasteiger partial charge >= 0.3 is 5.97 Å². The summed E-state index contributed by atoms with van der Waals surface area (Å²) in [4.78, 5) is 11.2. The second-order valence-corrected chi connectivity index (χ2v) is 5.66. The van der Waals surface area contributed by atoms with Gasteiger partial charge in [0.25, 0.3) is 0 Å². The molecule has 0 saturated heterocycles. The summed E-state index contributed by atoms with van der Waals surface area (Å²) in [5, 5.41) is 2.77. The van der Waals surface area contributed by atoms with Crippen LogP contribution in [0.3, 0.4) is 0 Å². The van der Waals surface area contributed by atoms with Crippen LogP contribution < -0.4 is 10.0 Å². The summed E-state index contributed by atoms with van der Waals surface area (Å²) in [6, 6.07) is 2.87. The zero-order valence-electron chi connectivity index (χ0n) is 11.7. The Kier molecular flexibility index (Phi) is 8.41. The number of likely N-dealkylation sites (N-methyl/N-ethyl adjacent to an activating group) is 1. The number of esters is 1. The summed E-state index contributed by atoms with van der Waals surface area (Å²) < 4.78 is 44.3. The number of hydrogen-bond acceptors (Lipinski definition) is 5. The Morgan fingerprint density at radius 2 is 1.95 bits per heavy atom. The summed E-state index contributed by atoms with van der Waals surface area (Å²) in [5.41, 5.74) is -0.138. The summed E-state index contributed by atoms with van der Waals surface area (Å²) in [7, 11) is -2.19. The molecule has 1 rings (SSSR count). The van der Waals surface area contributed by atoms with Crippen molar-refractivity contribution in [3.8, 4) is 0 Å². The SMILES string of the molecule is CCOC(=O)c1cc(F)cc(S(=O)(=O)NCCNC)c1.Cl. The first-order valence-corrected chi connectivity index (χ1v) is 7.51. The number of carbonyl (C=O) groups excluding carboxylic acids is 1. The number of rotatable bonds is 7. The van der Waals surface area contributed by atoms with Crippen LogP contribution >= 0.6 is 12.4 Å². The van der Waals surface area contributed by atoms with Gasteiger partial charge in [0.05, 0.1) is 17.1 Å². The molecule has 0 heterocycles.